The van der Waals surface area contributed by atoms with Crippen LogP contribution in [-0.4, -0.2) is 24.0 Å². The molecule has 0 spiro atoms. The van der Waals surface area contributed by atoms with E-state index in [-0.39, 0.29) is 17.5 Å². The number of rotatable bonds is 4. The highest BCUT2D eigenvalue weighted by atomic mass is 79.9. The zero-order valence-corrected chi connectivity index (χ0v) is 14.9. The molecule has 1 aromatic carbocycles. The molecule has 0 aromatic heterocycles. The van der Waals surface area contributed by atoms with Crippen LogP contribution in [0.5, 0.6) is 0 Å². The summed E-state index contributed by atoms with van der Waals surface area (Å²) in [6.07, 6.45) is 5.85. The fraction of sp³-hybridized carbons (Fsp3) is 0.529. The second-order valence-corrected chi connectivity index (χ2v) is 6.89. The van der Waals surface area contributed by atoms with E-state index in [9.17, 15) is 9.59 Å². The Labute approximate surface area is 145 Å². The van der Waals surface area contributed by atoms with Crippen LogP contribution in [0.25, 0.3) is 0 Å². The lowest BCUT2D eigenvalue weighted by Crippen LogP contribution is -2.41. The predicted molar refractivity (Wildman–Crippen MR) is 93.1 cm³/mol. The van der Waals surface area contributed by atoms with Crippen LogP contribution in [0.15, 0.2) is 22.7 Å². The maximum absolute atomic E-state index is 12.2. The van der Waals surface area contributed by atoms with Crippen molar-refractivity contribution in [3.05, 3.63) is 28.2 Å². The topological polar surface area (TPSA) is 81.4 Å². The summed E-state index contributed by atoms with van der Waals surface area (Å²) >= 11 is 3.29. The number of carbonyl (C=O) groups excluding carboxylic acids is 2. The molecule has 1 aliphatic carbocycles. The lowest BCUT2D eigenvalue weighted by atomic mass is 10.1. The number of nitrogen functional groups attached to an aromatic ring is 1. The first kappa shape index (κ1) is 17.8. The zero-order valence-electron chi connectivity index (χ0n) is 13.3. The summed E-state index contributed by atoms with van der Waals surface area (Å²) in [5, 5.41) is 2.98. The molecule has 2 rings (SSSR count). The highest BCUT2D eigenvalue weighted by Crippen LogP contribution is 2.20. The average molecular weight is 383 g/mol. The lowest BCUT2D eigenvalue weighted by molar-refractivity contribution is -0.129. The van der Waals surface area contributed by atoms with Gasteiger partial charge in [0.25, 0.3) is 5.91 Å². The molecule has 1 fully saturated rings. The normalized spacial score (nSPS) is 17.1. The van der Waals surface area contributed by atoms with E-state index in [0.717, 1.165) is 30.2 Å². The molecule has 0 heterocycles. The highest BCUT2D eigenvalue weighted by molar-refractivity contribution is 9.10. The van der Waals surface area contributed by atoms with Crippen molar-refractivity contribution in [1.29, 1.82) is 0 Å². The van der Waals surface area contributed by atoms with Gasteiger partial charge in [0.05, 0.1) is 5.56 Å². The van der Waals surface area contributed by atoms with Crippen LogP contribution in [0.2, 0.25) is 0 Å². The number of anilines is 1. The van der Waals surface area contributed by atoms with Gasteiger partial charge in [-0.2, -0.15) is 0 Å². The molecule has 3 N–H and O–H groups in total. The van der Waals surface area contributed by atoms with Crippen LogP contribution >= 0.6 is 15.9 Å². The Bertz CT molecular complexity index is 569. The number of nitrogens with one attached hydrogen (secondary N) is 1. The number of hydrogen-bond acceptors (Lipinski definition) is 4. The minimum Gasteiger partial charge on any atom is -0.449 e. The van der Waals surface area contributed by atoms with E-state index in [1.54, 1.807) is 25.1 Å². The molecule has 0 unspecified atom stereocenters. The van der Waals surface area contributed by atoms with Crippen LogP contribution in [0.1, 0.15) is 55.8 Å². The van der Waals surface area contributed by atoms with Crippen molar-refractivity contribution in [3.8, 4) is 0 Å². The van der Waals surface area contributed by atoms with Crippen LogP contribution in [0, 0.1) is 0 Å². The summed E-state index contributed by atoms with van der Waals surface area (Å²) in [4.78, 5) is 24.4. The van der Waals surface area contributed by atoms with Crippen LogP contribution < -0.4 is 11.1 Å². The van der Waals surface area contributed by atoms with E-state index >= 15 is 0 Å². The molecule has 6 heteroatoms. The Morgan fingerprint density at radius 3 is 2.57 bits per heavy atom. The first-order valence-electron chi connectivity index (χ1n) is 8.03. The van der Waals surface area contributed by atoms with Crippen LogP contribution in [0.4, 0.5) is 5.69 Å². The van der Waals surface area contributed by atoms with Gasteiger partial charge in [-0.15, -0.1) is 0 Å². The number of esters is 1. The Balaban J connectivity index is 1.92. The van der Waals surface area contributed by atoms with Gasteiger partial charge in [-0.05, 0) is 38.0 Å². The van der Waals surface area contributed by atoms with Gasteiger partial charge < -0.3 is 15.8 Å². The van der Waals surface area contributed by atoms with Gasteiger partial charge in [-0.1, -0.05) is 41.6 Å². The van der Waals surface area contributed by atoms with Gasteiger partial charge in [-0.25, -0.2) is 4.79 Å². The van der Waals surface area contributed by atoms with Crippen LogP contribution in [0.3, 0.4) is 0 Å². The summed E-state index contributed by atoms with van der Waals surface area (Å²) in [6.45, 7) is 1.58. The molecule has 0 saturated heterocycles. The Hall–Kier alpha value is -1.56. The number of hydrogen-bond donors (Lipinski definition) is 2. The maximum atomic E-state index is 12.2. The van der Waals surface area contributed by atoms with Crippen molar-refractivity contribution in [1.82, 2.24) is 5.32 Å². The van der Waals surface area contributed by atoms with E-state index < -0.39 is 12.1 Å². The third-order valence-electron chi connectivity index (χ3n) is 4.09. The highest BCUT2D eigenvalue weighted by Gasteiger charge is 2.23. The molecule has 1 aliphatic rings. The minimum absolute atomic E-state index is 0.182. The fourth-order valence-electron chi connectivity index (χ4n) is 2.73. The predicted octanol–water partition coefficient (Wildman–Crippen LogP) is 3.42. The van der Waals surface area contributed by atoms with Crippen molar-refractivity contribution >= 4 is 33.5 Å². The van der Waals surface area contributed by atoms with Crippen molar-refractivity contribution < 1.29 is 14.3 Å². The van der Waals surface area contributed by atoms with E-state index in [1.165, 1.54) is 12.8 Å². The summed E-state index contributed by atoms with van der Waals surface area (Å²) in [5.74, 6) is -0.842. The Morgan fingerprint density at radius 2 is 1.91 bits per heavy atom. The van der Waals surface area contributed by atoms with Gasteiger partial charge in [0.1, 0.15) is 0 Å². The Morgan fingerprint density at radius 1 is 1.26 bits per heavy atom. The standard InChI is InChI=1S/C17H23BrN2O3/c1-11(16(21)20-13-6-4-2-3-5-7-13)23-17(22)14-10-12(18)8-9-15(14)19/h8-11,13H,2-7,19H2,1H3,(H,20,21)/t11-/m0/s1. The molecule has 5 nitrogen and oxygen atoms in total. The third-order valence-corrected chi connectivity index (χ3v) is 4.58. The van der Waals surface area contributed by atoms with Crippen molar-refractivity contribution in [2.75, 3.05) is 5.73 Å². The summed E-state index contributed by atoms with van der Waals surface area (Å²) < 4.78 is 5.99. The number of ether oxygens (including phenoxy) is 1. The third kappa shape index (κ3) is 5.23. The van der Waals surface area contributed by atoms with E-state index in [4.69, 9.17) is 10.5 Å². The van der Waals surface area contributed by atoms with Crippen LogP contribution in [-0.2, 0) is 9.53 Å². The number of nitrogens with two attached hydrogens (primary N) is 1. The molecule has 126 valence electrons. The molecule has 0 aliphatic heterocycles. The molecule has 1 amide bonds. The summed E-state index contributed by atoms with van der Waals surface area (Å²) in [7, 11) is 0. The minimum atomic E-state index is -0.843. The summed E-state index contributed by atoms with van der Waals surface area (Å²) in [6, 6.07) is 5.14. The average Bonchev–Trinajstić information content (AvgIpc) is 2.78. The lowest BCUT2D eigenvalue weighted by Gasteiger charge is -2.20. The second-order valence-electron chi connectivity index (χ2n) is 5.98. The monoisotopic (exact) mass is 382 g/mol. The zero-order chi connectivity index (χ0) is 16.8. The number of halogens is 1. The molecular formula is C17H23BrN2O3. The molecule has 23 heavy (non-hydrogen) atoms. The molecular weight excluding hydrogens is 360 g/mol. The van der Waals surface area contributed by atoms with E-state index in [2.05, 4.69) is 21.2 Å². The van der Waals surface area contributed by atoms with Crippen molar-refractivity contribution in [2.45, 2.75) is 57.6 Å². The van der Waals surface area contributed by atoms with E-state index in [1.807, 2.05) is 0 Å². The van der Waals surface area contributed by atoms with Gasteiger partial charge in [0, 0.05) is 16.2 Å². The Kier molecular flexibility index (Phi) is 6.45. The quantitative estimate of drug-likeness (QED) is 0.474. The largest absolute Gasteiger partial charge is 0.449 e. The van der Waals surface area contributed by atoms with Gasteiger partial charge in [-0.3, -0.25) is 4.79 Å². The first-order chi connectivity index (χ1) is 11.0. The number of amides is 1. The second kappa shape index (κ2) is 8.34. The number of benzene rings is 1. The fourth-order valence-corrected chi connectivity index (χ4v) is 3.09. The molecule has 1 saturated carbocycles. The van der Waals surface area contributed by atoms with Crippen molar-refractivity contribution in [3.63, 3.8) is 0 Å². The van der Waals surface area contributed by atoms with Gasteiger partial charge in [0.15, 0.2) is 6.10 Å². The maximum Gasteiger partial charge on any atom is 0.341 e. The van der Waals surface area contributed by atoms with Gasteiger partial charge in [0.2, 0.25) is 0 Å². The molecule has 1 atom stereocenters. The number of carbonyl (C=O) groups is 2. The SMILES string of the molecule is C[C@H](OC(=O)c1cc(Br)ccc1N)C(=O)NC1CCCCCC1. The van der Waals surface area contributed by atoms with Crippen molar-refractivity contribution in [2.24, 2.45) is 0 Å². The smallest absolute Gasteiger partial charge is 0.341 e. The summed E-state index contributed by atoms with van der Waals surface area (Å²) in [5.41, 5.74) is 6.37. The molecule has 0 radical (unpaired) electrons. The van der Waals surface area contributed by atoms with E-state index in [0.29, 0.717) is 5.69 Å². The first-order valence-corrected chi connectivity index (χ1v) is 8.83. The molecule has 1 aromatic rings. The molecule has 0 bridgehead atoms. The van der Waals surface area contributed by atoms with Gasteiger partial charge >= 0.3 is 5.97 Å².